The van der Waals surface area contributed by atoms with Crippen LogP contribution in [0.15, 0.2) is 42.9 Å². The average Bonchev–Trinajstić information content (AvgIpc) is 2.98. The Balaban J connectivity index is 1.63. The highest BCUT2D eigenvalue weighted by molar-refractivity contribution is 9.09. The molecule has 1 N–H and O–H groups in total. The van der Waals surface area contributed by atoms with Gasteiger partial charge in [0.25, 0.3) is 0 Å². The SMILES string of the molecule is O=C(NCCCn1c[n+](CCCCBr)cc1F)OCc1ccccc1. The minimum atomic E-state index is -0.457. The lowest BCUT2D eigenvalue weighted by Gasteiger charge is -2.06. The van der Waals surface area contributed by atoms with Crippen molar-refractivity contribution >= 4 is 22.0 Å². The monoisotopic (exact) mass is 412 g/mol. The van der Waals surface area contributed by atoms with Gasteiger partial charge in [0.05, 0.1) is 13.1 Å². The summed E-state index contributed by atoms with van der Waals surface area (Å²) in [5.41, 5.74) is 0.941. The summed E-state index contributed by atoms with van der Waals surface area (Å²) in [5.74, 6) is -0.259. The second-order valence-electron chi connectivity index (χ2n) is 5.74. The van der Waals surface area contributed by atoms with Crippen molar-refractivity contribution in [3.63, 3.8) is 0 Å². The molecule has 1 heterocycles. The molecule has 136 valence electrons. The zero-order chi connectivity index (χ0) is 17.9. The molecule has 7 heteroatoms. The Bertz CT molecular complexity index is 649. The molecule has 1 aromatic heterocycles. The van der Waals surface area contributed by atoms with E-state index >= 15 is 0 Å². The van der Waals surface area contributed by atoms with Crippen molar-refractivity contribution in [3.05, 3.63) is 54.4 Å². The minimum absolute atomic E-state index is 0.243. The van der Waals surface area contributed by atoms with Gasteiger partial charge in [0.15, 0.2) is 6.20 Å². The first-order chi connectivity index (χ1) is 12.2. The number of alkyl carbamates (subject to hydrolysis) is 1. The largest absolute Gasteiger partial charge is 0.445 e. The van der Waals surface area contributed by atoms with Crippen LogP contribution >= 0.6 is 15.9 Å². The third-order valence-electron chi connectivity index (χ3n) is 3.69. The Morgan fingerprint density at radius 1 is 1.24 bits per heavy atom. The lowest BCUT2D eigenvalue weighted by Crippen LogP contribution is -2.31. The summed E-state index contributed by atoms with van der Waals surface area (Å²) in [6.45, 7) is 2.00. The Morgan fingerprint density at radius 3 is 2.80 bits per heavy atom. The number of hydrogen-bond acceptors (Lipinski definition) is 2. The number of aryl methyl sites for hydroxylation is 2. The molecule has 0 fully saturated rings. The lowest BCUT2D eigenvalue weighted by molar-refractivity contribution is -0.697. The van der Waals surface area contributed by atoms with E-state index in [-0.39, 0.29) is 12.6 Å². The number of imidazole rings is 1. The Morgan fingerprint density at radius 2 is 2.04 bits per heavy atom. The van der Waals surface area contributed by atoms with Gasteiger partial charge >= 0.3 is 12.0 Å². The summed E-state index contributed by atoms with van der Waals surface area (Å²) in [7, 11) is 0. The average molecular weight is 413 g/mol. The number of alkyl halides is 1. The van der Waals surface area contributed by atoms with Gasteiger partial charge in [-0.3, -0.25) is 0 Å². The molecule has 0 spiro atoms. The second-order valence-corrected chi connectivity index (χ2v) is 6.53. The number of nitrogens with one attached hydrogen (secondary N) is 1. The maximum absolute atomic E-state index is 13.8. The molecule has 0 radical (unpaired) electrons. The van der Waals surface area contributed by atoms with Crippen LogP contribution in [-0.4, -0.2) is 22.5 Å². The summed E-state index contributed by atoms with van der Waals surface area (Å²) in [6.07, 6.45) is 5.53. The highest BCUT2D eigenvalue weighted by Crippen LogP contribution is 2.01. The predicted molar refractivity (Wildman–Crippen MR) is 96.9 cm³/mol. The number of carbonyl (C=O) groups is 1. The van der Waals surface area contributed by atoms with E-state index in [1.807, 2.05) is 34.9 Å². The van der Waals surface area contributed by atoms with Crippen LogP contribution in [0.3, 0.4) is 0 Å². The maximum Gasteiger partial charge on any atom is 0.407 e. The van der Waals surface area contributed by atoms with E-state index in [0.29, 0.717) is 19.5 Å². The fourth-order valence-corrected chi connectivity index (χ4v) is 2.76. The normalized spacial score (nSPS) is 10.6. The van der Waals surface area contributed by atoms with Crippen LogP contribution in [0.4, 0.5) is 9.18 Å². The first-order valence-corrected chi connectivity index (χ1v) is 9.56. The fourth-order valence-electron chi connectivity index (χ4n) is 2.37. The van der Waals surface area contributed by atoms with Gasteiger partial charge < -0.3 is 10.1 Å². The van der Waals surface area contributed by atoms with Gasteiger partial charge in [0.2, 0.25) is 6.33 Å². The van der Waals surface area contributed by atoms with Crippen LogP contribution in [0, 0.1) is 5.95 Å². The molecular formula is C18H24BrFN3O2+. The molecule has 1 amide bonds. The van der Waals surface area contributed by atoms with Crippen molar-refractivity contribution < 1.29 is 18.5 Å². The minimum Gasteiger partial charge on any atom is -0.445 e. The molecule has 0 saturated carbocycles. The lowest BCUT2D eigenvalue weighted by atomic mass is 10.2. The smallest absolute Gasteiger partial charge is 0.407 e. The highest BCUT2D eigenvalue weighted by atomic mass is 79.9. The van der Waals surface area contributed by atoms with Crippen molar-refractivity contribution in [2.75, 3.05) is 11.9 Å². The van der Waals surface area contributed by atoms with Crippen LogP contribution in [0.1, 0.15) is 24.8 Å². The van der Waals surface area contributed by atoms with E-state index in [1.165, 1.54) is 6.20 Å². The molecule has 0 aliphatic heterocycles. The van der Waals surface area contributed by atoms with Gasteiger partial charge in [-0.2, -0.15) is 4.39 Å². The van der Waals surface area contributed by atoms with E-state index in [9.17, 15) is 9.18 Å². The molecule has 0 aliphatic rings. The molecule has 1 aromatic carbocycles. The van der Waals surface area contributed by atoms with Gasteiger partial charge in [0, 0.05) is 18.3 Å². The molecule has 0 bridgehead atoms. The number of nitrogens with zero attached hydrogens (tertiary/aromatic N) is 2. The van der Waals surface area contributed by atoms with Gasteiger partial charge in [-0.15, -0.1) is 0 Å². The molecule has 5 nitrogen and oxygen atoms in total. The van der Waals surface area contributed by atoms with E-state index < -0.39 is 6.09 Å². The van der Waals surface area contributed by atoms with Crippen molar-refractivity contribution in [3.8, 4) is 0 Å². The Labute approximate surface area is 155 Å². The maximum atomic E-state index is 13.8. The molecular weight excluding hydrogens is 389 g/mol. The molecule has 0 unspecified atom stereocenters. The van der Waals surface area contributed by atoms with Crippen LogP contribution in [0.2, 0.25) is 0 Å². The molecule has 0 aliphatic carbocycles. The van der Waals surface area contributed by atoms with Gasteiger partial charge in [-0.25, -0.2) is 13.9 Å². The standard InChI is InChI=1S/C18H23BrFN3O2/c19-9-4-5-11-22-13-17(20)23(15-22)12-6-10-21-18(24)25-14-16-7-2-1-3-8-16/h1-3,7-8,13,15H,4-6,9-12,14H2/p+1. The number of halogens is 2. The topological polar surface area (TPSA) is 47.1 Å². The number of amides is 1. The number of unbranched alkanes of at least 4 members (excludes halogenated alkanes) is 1. The van der Waals surface area contributed by atoms with Crippen LogP contribution in [-0.2, 0) is 24.4 Å². The van der Waals surface area contributed by atoms with Crippen molar-refractivity contribution in [2.45, 2.75) is 39.0 Å². The predicted octanol–water partition coefficient (Wildman–Crippen LogP) is 3.41. The zero-order valence-corrected chi connectivity index (χ0v) is 15.8. The van der Waals surface area contributed by atoms with Gasteiger partial charge in [-0.05, 0) is 18.4 Å². The van der Waals surface area contributed by atoms with Crippen molar-refractivity contribution in [1.29, 1.82) is 0 Å². The zero-order valence-electron chi connectivity index (χ0n) is 14.2. The molecule has 0 saturated heterocycles. The van der Waals surface area contributed by atoms with Crippen LogP contribution < -0.4 is 9.88 Å². The summed E-state index contributed by atoms with van der Waals surface area (Å²) in [5, 5.41) is 3.64. The number of hydrogen-bond donors (Lipinski definition) is 1. The molecule has 2 aromatic rings. The van der Waals surface area contributed by atoms with E-state index in [2.05, 4.69) is 21.2 Å². The van der Waals surface area contributed by atoms with Crippen LogP contribution in [0.5, 0.6) is 0 Å². The highest BCUT2D eigenvalue weighted by Gasteiger charge is 2.12. The number of benzene rings is 1. The Kier molecular flexibility index (Phi) is 8.45. The van der Waals surface area contributed by atoms with Gasteiger partial charge in [0.1, 0.15) is 6.61 Å². The van der Waals surface area contributed by atoms with Crippen molar-refractivity contribution in [1.82, 2.24) is 9.88 Å². The summed E-state index contributed by atoms with van der Waals surface area (Å²) >= 11 is 3.39. The fraction of sp³-hybridized carbons (Fsp3) is 0.444. The molecule has 2 rings (SSSR count). The summed E-state index contributed by atoms with van der Waals surface area (Å²) in [4.78, 5) is 11.6. The quantitative estimate of drug-likeness (QED) is 0.369. The summed E-state index contributed by atoms with van der Waals surface area (Å²) in [6, 6.07) is 9.50. The Hall–Kier alpha value is -1.89. The van der Waals surface area contributed by atoms with Crippen molar-refractivity contribution in [2.24, 2.45) is 0 Å². The van der Waals surface area contributed by atoms with E-state index in [4.69, 9.17) is 4.74 Å². The second kappa shape index (κ2) is 10.9. The summed E-state index contributed by atoms with van der Waals surface area (Å²) < 4.78 is 22.4. The molecule has 0 atom stereocenters. The number of aromatic nitrogens is 2. The van der Waals surface area contributed by atoms with Crippen LogP contribution in [0.25, 0.3) is 0 Å². The first kappa shape index (κ1) is 19.4. The number of carbonyl (C=O) groups excluding carboxylic acids is 1. The third kappa shape index (κ3) is 7.25. The number of rotatable bonds is 10. The first-order valence-electron chi connectivity index (χ1n) is 8.44. The number of ether oxygens (including phenoxy) is 1. The third-order valence-corrected chi connectivity index (χ3v) is 4.25. The van der Waals surface area contributed by atoms with E-state index in [0.717, 1.165) is 30.3 Å². The van der Waals surface area contributed by atoms with E-state index in [1.54, 1.807) is 10.9 Å². The molecule has 25 heavy (non-hydrogen) atoms. The van der Waals surface area contributed by atoms with Gasteiger partial charge in [-0.1, -0.05) is 46.3 Å².